The first kappa shape index (κ1) is 15.8. The highest BCUT2D eigenvalue weighted by molar-refractivity contribution is 6.40. The monoisotopic (exact) mass is 341 g/mol. The lowest BCUT2D eigenvalue weighted by atomic mass is 10.1. The van der Waals surface area contributed by atoms with Crippen LogP contribution in [0.5, 0.6) is 0 Å². The number of halogens is 3. The average Bonchev–Trinajstić information content (AvgIpc) is 2.40. The van der Waals surface area contributed by atoms with Gasteiger partial charge in [-0.15, -0.1) is 0 Å². The third kappa shape index (κ3) is 3.56. The zero-order valence-corrected chi connectivity index (χ0v) is 13.2. The van der Waals surface area contributed by atoms with E-state index in [1.807, 2.05) is 0 Å². The van der Waals surface area contributed by atoms with Gasteiger partial charge >= 0.3 is 0 Å². The molecule has 1 N–H and O–H groups in total. The Balaban J connectivity index is 2.32. The molecule has 6 heteroatoms. The Bertz CT molecular complexity index is 709. The second kappa shape index (κ2) is 6.48. The maximum absolute atomic E-state index is 12.2. The smallest absolute Gasteiger partial charge is 0.258 e. The van der Waals surface area contributed by atoms with E-state index in [9.17, 15) is 9.59 Å². The quantitative estimate of drug-likeness (QED) is 0.789. The molecular weight excluding hydrogens is 333 g/mol. The largest absolute Gasteiger partial charge is 0.322 e. The summed E-state index contributed by atoms with van der Waals surface area (Å²) in [6.45, 7) is 1.40. The summed E-state index contributed by atoms with van der Waals surface area (Å²) in [4.78, 5) is 23.7. The predicted octanol–water partition coefficient (Wildman–Crippen LogP) is 5.10. The molecule has 2 aromatic carbocycles. The molecular formula is C15H10Cl3NO2. The molecule has 0 unspecified atom stereocenters. The number of hydrogen-bond acceptors (Lipinski definition) is 2. The summed E-state index contributed by atoms with van der Waals surface area (Å²) >= 11 is 17.9. The Labute approximate surface area is 136 Å². The van der Waals surface area contributed by atoms with Gasteiger partial charge in [0.05, 0.1) is 20.6 Å². The van der Waals surface area contributed by atoms with Crippen molar-refractivity contribution in [3.8, 4) is 0 Å². The molecule has 0 heterocycles. The van der Waals surface area contributed by atoms with Crippen LogP contribution in [-0.2, 0) is 0 Å². The summed E-state index contributed by atoms with van der Waals surface area (Å²) in [5.74, 6) is -0.644. The molecule has 21 heavy (non-hydrogen) atoms. The number of anilines is 1. The van der Waals surface area contributed by atoms with Gasteiger partial charge < -0.3 is 5.32 Å². The molecule has 108 valence electrons. The normalized spacial score (nSPS) is 10.3. The molecule has 0 fully saturated rings. The van der Waals surface area contributed by atoms with Crippen LogP contribution >= 0.6 is 34.8 Å². The fourth-order valence-corrected chi connectivity index (χ4v) is 2.60. The molecule has 0 aliphatic carbocycles. The number of carbonyl (C=O) groups is 2. The van der Waals surface area contributed by atoms with E-state index in [-0.39, 0.29) is 21.4 Å². The average molecular weight is 343 g/mol. The minimum atomic E-state index is -0.456. The Kier molecular flexibility index (Phi) is 4.88. The number of amides is 1. The Morgan fingerprint density at radius 2 is 1.57 bits per heavy atom. The molecule has 0 radical (unpaired) electrons. The first-order chi connectivity index (χ1) is 9.90. The molecule has 1 amide bonds. The van der Waals surface area contributed by atoms with Crippen LogP contribution in [0.15, 0.2) is 36.4 Å². The van der Waals surface area contributed by atoms with Gasteiger partial charge in [-0.3, -0.25) is 9.59 Å². The molecule has 0 saturated heterocycles. The zero-order valence-electron chi connectivity index (χ0n) is 10.9. The van der Waals surface area contributed by atoms with Crippen molar-refractivity contribution in [2.75, 3.05) is 5.32 Å². The van der Waals surface area contributed by atoms with Crippen molar-refractivity contribution in [1.82, 2.24) is 0 Å². The van der Waals surface area contributed by atoms with Crippen LogP contribution in [0.3, 0.4) is 0 Å². The molecule has 0 aliphatic heterocycles. The number of hydrogen-bond donors (Lipinski definition) is 1. The number of Topliss-reactive ketones (excluding diaryl/α,β-unsaturated/α-hetero) is 1. The topological polar surface area (TPSA) is 46.2 Å². The van der Waals surface area contributed by atoms with Crippen LogP contribution in [0.2, 0.25) is 15.1 Å². The van der Waals surface area contributed by atoms with Gasteiger partial charge in [-0.25, -0.2) is 0 Å². The summed E-state index contributed by atoms with van der Waals surface area (Å²) in [7, 11) is 0. The highest BCUT2D eigenvalue weighted by Gasteiger charge is 2.15. The first-order valence-corrected chi connectivity index (χ1v) is 7.09. The van der Waals surface area contributed by atoms with Crippen LogP contribution in [0.4, 0.5) is 5.69 Å². The Hall–Kier alpha value is -1.55. The van der Waals surface area contributed by atoms with E-state index >= 15 is 0 Å². The SMILES string of the molecule is CC(=O)c1cc(NC(=O)c2c(Cl)cccc2Cl)ccc1Cl. The summed E-state index contributed by atoms with van der Waals surface area (Å²) < 4.78 is 0. The molecule has 2 aromatic rings. The van der Waals surface area contributed by atoms with E-state index < -0.39 is 5.91 Å². The van der Waals surface area contributed by atoms with Crippen LogP contribution in [0.25, 0.3) is 0 Å². The number of carbonyl (C=O) groups excluding carboxylic acids is 2. The fraction of sp³-hybridized carbons (Fsp3) is 0.0667. The van der Waals surface area contributed by atoms with Gasteiger partial charge in [0.2, 0.25) is 0 Å². The maximum Gasteiger partial charge on any atom is 0.258 e. The molecule has 2 rings (SSSR count). The number of rotatable bonds is 3. The Morgan fingerprint density at radius 3 is 2.14 bits per heavy atom. The molecule has 0 atom stereocenters. The molecule has 3 nitrogen and oxygen atoms in total. The van der Waals surface area contributed by atoms with E-state index in [4.69, 9.17) is 34.8 Å². The Morgan fingerprint density at radius 1 is 0.952 bits per heavy atom. The molecule has 0 bridgehead atoms. The molecule has 0 saturated carbocycles. The van der Waals surface area contributed by atoms with Crippen molar-refractivity contribution < 1.29 is 9.59 Å². The van der Waals surface area contributed by atoms with E-state index in [2.05, 4.69) is 5.32 Å². The van der Waals surface area contributed by atoms with Gasteiger partial charge in [0.15, 0.2) is 5.78 Å². The van der Waals surface area contributed by atoms with Gasteiger partial charge in [0.1, 0.15) is 0 Å². The predicted molar refractivity (Wildman–Crippen MR) is 85.9 cm³/mol. The van der Waals surface area contributed by atoms with Gasteiger partial charge in [0.25, 0.3) is 5.91 Å². The number of benzene rings is 2. The second-order valence-electron chi connectivity index (χ2n) is 4.30. The highest BCUT2D eigenvalue weighted by Crippen LogP contribution is 2.26. The van der Waals surface area contributed by atoms with Crippen molar-refractivity contribution in [1.29, 1.82) is 0 Å². The summed E-state index contributed by atoms with van der Waals surface area (Å²) in [5.41, 5.74) is 0.950. The third-order valence-electron chi connectivity index (χ3n) is 2.79. The van der Waals surface area contributed by atoms with Gasteiger partial charge in [0, 0.05) is 11.3 Å². The van der Waals surface area contributed by atoms with Crippen molar-refractivity contribution in [3.05, 3.63) is 62.6 Å². The van der Waals surface area contributed by atoms with Crippen LogP contribution < -0.4 is 5.32 Å². The molecule has 0 aromatic heterocycles. The van der Waals surface area contributed by atoms with E-state index in [1.165, 1.54) is 13.0 Å². The van der Waals surface area contributed by atoms with E-state index in [0.29, 0.717) is 16.3 Å². The van der Waals surface area contributed by atoms with Gasteiger partial charge in [-0.05, 0) is 37.3 Å². The van der Waals surface area contributed by atoms with E-state index in [0.717, 1.165) is 0 Å². The van der Waals surface area contributed by atoms with Crippen molar-refractivity contribution in [2.45, 2.75) is 6.92 Å². The van der Waals surface area contributed by atoms with Crippen LogP contribution in [0.1, 0.15) is 27.6 Å². The third-order valence-corrected chi connectivity index (χ3v) is 3.75. The lowest BCUT2D eigenvalue weighted by Gasteiger charge is -2.10. The van der Waals surface area contributed by atoms with Crippen LogP contribution in [0, 0.1) is 0 Å². The molecule has 0 aliphatic rings. The van der Waals surface area contributed by atoms with Crippen LogP contribution in [-0.4, -0.2) is 11.7 Å². The van der Waals surface area contributed by atoms with Gasteiger partial charge in [-0.1, -0.05) is 40.9 Å². The van der Waals surface area contributed by atoms with E-state index in [1.54, 1.807) is 30.3 Å². The van der Waals surface area contributed by atoms with Crippen molar-refractivity contribution >= 4 is 52.2 Å². The van der Waals surface area contributed by atoms with Crippen molar-refractivity contribution in [2.24, 2.45) is 0 Å². The second-order valence-corrected chi connectivity index (χ2v) is 5.52. The first-order valence-electron chi connectivity index (χ1n) is 5.96. The lowest BCUT2D eigenvalue weighted by Crippen LogP contribution is -2.13. The standard InChI is InChI=1S/C15H10Cl3NO2/c1-8(20)10-7-9(5-6-11(10)16)19-15(21)14-12(17)3-2-4-13(14)18/h2-7H,1H3,(H,19,21). The van der Waals surface area contributed by atoms with Crippen molar-refractivity contribution in [3.63, 3.8) is 0 Å². The molecule has 0 spiro atoms. The summed E-state index contributed by atoms with van der Waals surface area (Å²) in [5, 5.41) is 3.47. The summed E-state index contributed by atoms with van der Waals surface area (Å²) in [6, 6.07) is 9.45. The minimum Gasteiger partial charge on any atom is -0.322 e. The lowest BCUT2D eigenvalue weighted by molar-refractivity contribution is 0.101. The zero-order chi connectivity index (χ0) is 15.6. The minimum absolute atomic E-state index is 0.181. The van der Waals surface area contributed by atoms with Gasteiger partial charge in [-0.2, -0.15) is 0 Å². The number of nitrogens with one attached hydrogen (secondary N) is 1. The fourth-order valence-electron chi connectivity index (χ4n) is 1.78. The maximum atomic E-state index is 12.2. The number of ketones is 1. The highest BCUT2D eigenvalue weighted by atomic mass is 35.5. The summed E-state index contributed by atoms with van der Waals surface area (Å²) in [6.07, 6.45) is 0.